The lowest BCUT2D eigenvalue weighted by atomic mass is 10.2. The fourth-order valence-corrected chi connectivity index (χ4v) is 4.00. The Hall–Kier alpha value is -4.04. The van der Waals surface area contributed by atoms with Crippen LogP contribution in [0.4, 0.5) is 5.69 Å². The minimum absolute atomic E-state index is 0.254. The molecule has 1 N–H and O–H groups in total. The topological polar surface area (TPSA) is 82.5 Å². The summed E-state index contributed by atoms with van der Waals surface area (Å²) in [6, 6.07) is 23.1. The van der Waals surface area contributed by atoms with Crippen LogP contribution in [0.3, 0.4) is 0 Å². The Labute approximate surface area is 201 Å². The van der Waals surface area contributed by atoms with Gasteiger partial charge in [-0.05, 0) is 61.5 Å². The molecule has 4 aromatic rings. The van der Waals surface area contributed by atoms with Crippen molar-refractivity contribution in [3.8, 4) is 17.2 Å². The molecule has 1 aromatic heterocycles. The number of aryl methyl sites for hydroxylation is 1. The maximum Gasteiger partial charge on any atom is 0.271 e. The smallest absolute Gasteiger partial charge is 0.271 e. The van der Waals surface area contributed by atoms with E-state index in [2.05, 4.69) is 10.4 Å². The number of aromatic nitrogens is 2. The molecule has 1 heterocycles. The summed E-state index contributed by atoms with van der Waals surface area (Å²) in [5, 5.41) is 8.01. The number of methoxy groups -OCH3 is 2. The van der Waals surface area contributed by atoms with Crippen molar-refractivity contribution in [3.63, 3.8) is 0 Å². The van der Waals surface area contributed by atoms with Gasteiger partial charge in [0.15, 0.2) is 11.5 Å². The van der Waals surface area contributed by atoms with Crippen molar-refractivity contribution in [1.29, 1.82) is 0 Å². The predicted molar refractivity (Wildman–Crippen MR) is 133 cm³/mol. The van der Waals surface area contributed by atoms with Crippen LogP contribution in [0.25, 0.3) is 5.69 Å². The molecule has 4 rings (SSSR count). The zero-order valence-electron chi connectivity index (χ0n) is 18.9. The number of nitrogens with one attached hydrogen (secondary N) is 1. The van der Waals surface area contributed by atoms with Gasteiger partial charge in [-0.25, -0.2) is 0 Å². The van der Waals surface area contributed by atoms with Gasteiger partial charge < -0.3 is 14.8 Å². The Kier molecular flexibility index (Phi) is 6.98. The SMILES string of the molecule is COc1ccc(NC(=O)c2ccc(-n3nc(Sc4ccc(C)cc4)ccc3=O)cc2)cc1OC. The van der Waals surface area contributed by atoms with Crippen molar-refractivity contribution in [2.75, 3.05) is 19.5 Å². The van der Waals surface area contributed by atoms with Crippen LogP contribution in [0.1, 0.15) is 15.9 Å². The highest BCUT2D eigenvalue weighted by Gasteiger charge is 2.11. The van der Waals surface area contributed by atoms with Crippen molar-refractivity contribution in [3.05, 3.63) is 100 Å². The summed E-state index contributed by atoms with van der Waals surface area (Å²) in [6.45, 7) is 2.03. The Morgan fingerprint density at radius 2 is 1.59 bits per heavy atom. The average molecular weight is 474 g/mol. The Morgan fingerprint density at radius 1 is 0.882 bits per heavy atom. The van der Waals surface area contributed by atoms with E-state index in [1.54, 1.807) is 55.6 Å². The van der Waals surface area contributed by atoms with E-state index in [4.69, 9.17) is 9.47 Å². The van der Waals surface area contributed by atoms with Gasteiger partial charge in [0, 0.05) is 28.3 Å². The number of rotatable bonds is 7. The molecule has 172 valence electrons. The third-order valence-electron chi connectivity index (χ3n) is 5.03. The third kappa shape index (κ3) is 5.29. The van der Waals surface area contributed by atoms with Crippen molar-refractivity contribution in [2.24, 2.45) is 0 Å². The maximum atomic E-state index is 12.7. The monoisotopic (exact) mass is 473 g/mol. The molecule has 0 saturated heterocycles. The summed E-state index contributed by atoms with van der Waals surface area (Å²) in [6.07, 6.45) is 0. The minimum atomic E-state index is -0.289. The van der Waals surface area contributed by atoms with E-state index in [1.807, 2.05) is 31.2 Å². The van der Waals surface area contributed by atoms with E-state index in [9.17, 15) is 9.59 Å². The Balaban J connectivity index is 1.51. The highest BCUT2D eigenvalue weighted by molar-refractivity contribution is 7.99. The van der Waals surface area contributed by atoms with E-state index in [-0.39, 0.29) is 11.5 Å². The molecule has 0 saturated carbocycles. The third-order valence-corrected chi connectivity index (χ3v) is 5.97. The van der Waals surface area contributed by atoms with Crippen LogP contribution < -0.4 is 20.3 Å². The Morgan fingerprint density at radius 3 is 2.26 bits per heavy atom. The van der Waals surface area contributed by atoms with Crippen molar-refractivity contribution < 1.29 is 14.3 Å². The summed E-state index contributed by atoms with van der Waals surface area (Å²) in [7, 11) is 3.08. The van der Waals surface area contributed by atoms with Crippen LogP contribution in [0.2, 0.25) is 0 Å². The summed E-state index contributed by atoms with van der Waals surface area (Å²) in [4.78, 5) is 26.2. The largest absolute Gasteiger partial charge is 0.493 e. The van der Waals surface area contributed by atoms with Gasteiger partial charge in [-0.1, -0.05) is 29.5 Å². The number of ether oxygens (including phenoxy) is 2. The quantitative estimate of drug-likeness (QED) is 0.408. The van der Waals surface area contributed by atoms with E-state index >= 15 is 0 Å². The van der Waals surface area contributed by atoms with Crippen molar-refractivity contribution in [1.82, 2.24) is 9.78 Å². The molecule has 0 aliphatic rings. The lowest BCUT2D eigenvalue weighted by molar-refractivity contribution is 0.102. The minimum Gasteiger partial charge on any atom is -0.493 e. The van der Waals surface area contributed by atoms with Crippen LogP contribution in [-0.4, -0.2) is 29.9 Å². The van der Waals surface area contributed by atoms with Crippen LogP contribution in [0, 0.1) is 6.92 Å². The molecule has 1 amide bonds. The van der Waals surface area contributed by atoms with E-state index in [1.165, 1.54) is 35.2 Å². The number of hydrogen-bond acceptors (Lipinski definition) is 6. The summed E-state index contributed by atoms with van der Waals surface area (Å²) >= 11 is 1.47. The average Bonchev–Trinajstić information content (AvgIpc) is 2.86. The zero-order chi connectivity index (χ0) is 24.1. The van der Waals surface area contributed by atoms with Crippen LogP contribution in [0.15, 0.2) is 93.6 Å². The number of anilines is 1. The molecule has 0 radical (unpaired) electrons. The van der Waals surface area contributed by atoms with Gasteiger partial charge >= 0.3 is 0 Å². The standard InChI is InChI=1S/C26H23N3O4S/c1-17-4-11-21(12-5-17)34-24-14-15-25(30)29(28-24)20-9-6-18(7-10-20)26(31)27-19-8-13-22(32-2)23(16-19)33-3/h4-16H,1-3H3,(H,27,31). The fourth-order valence-electron chi connectivity index (χ4n) is 3.23. The summed E-state index contributed by atoms with van der Waals surface area (Å²) in [5.74, 6) is 0.804. The van der Waals surface area contributed by atoms with E-state index < -0.39 is 0 Å². The normalized spacial score (nSPS) is 10.6. The van der Waals surface area contributed by atoms with Gasteiger partial charge in [0.05, 0.1) is 19.9 Å². The first-order valence-electron chi connectivity index (χ1n) is 10.5. The Bertz CT molecular complexity index is 1370. The first kappa shape index (κ1) is 23.1. The van der Waals surface area contributed by atoms with E-state index in [0.717, 1.165) is 4.90 Å². The number of carbonyl (C=O) groups excluding carboxylic acids is 1. The molecule has 0 fully saturated rings. The number of nitrogens with zero attached hydrogens (tertiary/aromatic N) is 2. The van der Waals surface area contributed by atoms with Gasteiger partial charge in [0.2, 0.25) is 0 Å². The second-order valence-electron chi connectivity index (χ2n) is 7.41. The molecular weight excluding hydrogens is 450 g/mol. The van der Waals surface area contributed by atoms with Crippen LogP contribution in [0.5, 0.6) is 11.5 Å². The number of benzene rings is 3. The molecule has 0 unspecified atom stereocenters. The van der Waals surface area contributed by atoms with Crippen molar-refractivity contribution >= 4 is 23.4 Å². The lowest BCUT2D eigenvalue weighted by Gasteiger charge is -2.11. The van der Waals surface area contributed by atoms with E-state index in [0.29, 0.717) is 33.5 Å². The fraction of sp³-hybridized carbons (Fsp3) is 0.115. The second-order valence-corrected chi connectivity index (χ2v) is 8.50. The zero-order valence-corrected chi connectivity index (χ0v) is 19.8. The van der Waals surface area contributed by atoms with Gasteiger partial charge in [-0.15, -0.1) is 0 Å². The highest BCUT2D eigenvalue weighted by atomic mass is 32.2. The first-order valence-corrected chi connectivity index (χ1v) is 11.3. The van der Waals surface area contributed by atoms with Gasteiger partial charge in [0.25, 0.3) is 11.5 Å². The molecule has 34 heavy (non-hydrogen) atoms. The van der Waals surface area contributed by atoms with Gasteiger partial charge in [0.1, 0.15) is 5.03 Å². The summed E-state index contributed by atoms with van der Waals surface area (Å²) < 4.78 is 11.8. The van der Waals surface area contributed by atoms with Crippen molar-refractivity contribution in [2.45, 2.75) is 16.8 Å². The second kappa shape index (κ2) is 10.3. The number of hydrogen-bond donors (Lipinski definition) is 1. The number of amides is 1. The molecule has 8 heteroatoms. The molecule has 7 nitrogen and oxygen atoms in total. The molecule has 0 atom stereocenters. The number of carbonyl (C=O) groups is 1. The molecule has 0 spiro atoms. The van der Waals surface area contributed by atoms with Gasteiger partial charge in [-0.3, -0.25) is 9.59 Å². The maximum absolute atomic E-state index is 12.7. The van der Waals surface area contributed by atoms with Crippen LogP contribution in [-0.2, 0) is 0 Å². The molecular formula is C26H23N3O4S. The lowest BCUT2D eigenvalue weighted by Crippen LogP contribution is -2.20. The summed E-state index contributed by atoms with van der Waals surface area (Å²) in [5.41, 5.74) is 2.51. The molecule has 0 bridgehead atoms. The van der Waals surface area contributed by atoms with Gasteiger partial charge in [-0.2, -0.15) is 9.78 Å². The molecule has 3 aromatic carbocycles. The highest BCUT2D eigenvalue weighted by Crippen LogP contribution is 2.30. The predicted octanol–water partition coefficient (Wildman–Crippen LogP) is 4.96. The molecule has 0 aliphatic carbocycles. The van der Waals surface area contributed by atoms with Crippen LogP contribution >= 0.6 is 11.8 Å². The first-order chi connectivity index (χ1) is 16.5. The molecule has 0 aliphatic heterocycles.